The Morgan fingerprint density at radius 1 is 1.20 bits per heavy atom. The molecule has 0 atom stereocenters. The molecule has 0 saturated heterocycles. The average molecular weight is 468 g/mol. The number of hydrogen-bond donors (Lipinski definition) is 1. The molecule has 4 aromatic rings. The summed E-state index contributed by atoms with van der Waals surface area (Å²) in [6.45, 7) is 11.2. The Morgan fingerprint density at radius 2 is 2.03 bits per heavy atom. The third kappa shape index (κ3) is 5.40. The van der Waals surface area contributed by atoms with Crippen molar-refractivity contribution in [3.05, 3.63) is 76.2 Å². The standard InChI is InChI=1S/C28H33N7/c1-7-13-34(5)28-30-17-20(4)26(33-28)27(29-8-2)32-23-11-10-22(19(3)14-23)15-21-9-12-25-24(16-21)31-18-35(25)6/h8-12,14,16-18,32H,4,7,13,15H2,1-3,5-6H3/b27-26-,29-8-. The largest absolute Gasteiger partial charge is 0.344 e. The molecule has 0 aliphatic carbocycles. The van der Waals surface area contributed by atoms with Crippen LogP contribution >= 0.6 is 0 Å². The van der Waals surface area contributed by atoms with Gasteiger partial charge in [0.15, 0.2) is 5.82 Å². The zero-order valence-electron chi connectivity index (χ0n) is 21.2. The van der Waals surface area contributed by atoms with Crippen molar-refractivity contribution in [1.29, 1.82) is 0 Å². The fourth-order valence-corrected chi connectivity index (χ4v) is 4.12. The van der Waals surface area contributed by atoms with Gasteiger partial charge in [-0.25, -0.2) is 19.9 Å². The molecule has 0 amide bonds. The number of imidazole rings is 1. The van der Waals surface area contributed by atoms with Crippen molar-refractivity contribution >= 4 is 41.3 Å². The lowest BCUT2D eigenvalue weighted by Crippen LogP contribution is -2.35. The first-order valence-electron chi connectivity index (χ1n) is 11.9. The van der Waals surface area contributed by atoms with Gasteiger partial charge in [-0.15, -0.1) is 0 Å². The number of anilines is 2. The molecule has 0 fully saturated rings. The minimum absolute atomic E-state index is 0.652. The van der Waals surface area contributed by atoms with E-state index in [9.17, 15) is 0 Å². The second-order valence-corrected chi connectivity index (χ2v) is 8.82. The van der Waals surface area contributed by atoms with Crippen LogP contribution in [0, 0.1) is 6.92 Å². The van der Waals surface area contributed by atoms with Crippen LogP contribution in [0.25, 0.3) is 23.4 Å². The van der Waals surface area contributed by atoms with Crippen molar-refractivity contribution in [3.8, 4) is 0 Å². The first-order valence-corrected chi connectivity index (χ1v) is 11.9. The number of nitrogens with zero attached hydrogens (tertiary/aromatic N) is 6. The predicted molar refractivity (Wildman–Crippen MR) is 146 cm³/mol. The number of aliphatic imine (C=N–C) groups is 1. The van der Waals surface area contributed by atoms with E-state index in [1.807, 2.05) is 36.8 Å². The SMILES string of the molecule is C=c1cnc(N(C)CCC)n/c1=C(/N=C\C)Nc1ccc(Cc2ccc3c(c2)ncn3C)c(C)c1. The van der Waals surface area contributed by atoms with E-state index >= 15 is 0 Å². The van der Waals surface area contributed by atoms with Crippen LogP contribution in [0.4, 0.5) is 11.6 Å². The van der Waals surface area contributed by atoms with Gasteiger partial charge in [-0.05, 0) is 67.6 Å². The van der Waals surface area contributed by atoms with Crippen LogP contribution in [0.5, 0.6) is 0 Å². The molecule has 2 aromatic heterocycles. The van der Waals surface area contributed by atoms with Gasteiger partial charge in [0, 0.05) is 44.0 Å². The molecule has 7 heteroatoms. The zero-order valence-corrected chi connectivity index (χ0v) is 21.2. The molecule has 0 saturated carbocycles. The zero-order chi connectivity index (χ0) is 24.9. The Hall–Kier alpha value is -4.00. The first-order chi connectivity index (χ1) is 16.9. The maximum atomic E-state index is 4.76. The molecular formula is C28H33N7. The normalized spacial score (nSPS) is 12.4. The van der Waals surface area contributed by atoms with Gasteiger partial charge in [0.1, 0.15) is 5.35 Å². The van der Waals surface area contributed by atoms with Crippen molar-refractivity contribution in [2.75, 3.05) is 23.8 Å². The van der Waals surface area contributed by atoms with Crippen LogP contribution < -0.4 is 20.8 Å². The number of rotatable bonds is 8. The number of benzene rings is 2. The highest BCUT2D eigenvalue weighted by atomic mass is 15.2. The first kappa shape index (κ1) is 24.1. The molecule has 2 aromatic carbocycles. The molecule has 7 nitrogen and oxygen atoms in total. The topological polar surface area (TPSA) is 71.2 Å². The summed E-state index contributed by atoms with van der Waals surface area (Å²) in [5, 5.41) is 4.87. The second kappa shape index (κ2) is 10.5. The molecular weight excluding hydrogens is 434 g/mol. The summed E-state index contributed by atoms with van der Waals surface area (Å²) in [6, 6.07) is 12.9. The van der Waals surface area contributed by atoms with Gasteiger partial charge >= 0.3 is 0 Å². The Kier molecular flexibility index (Phi) is 7.25. The number of aryl methyl sites for hydroxylation is 2. The van der Waals surface area contributed by atoms with Gasteiger partial charge < -0.3 is 14.8 Å². The quantitative estimate of drug-likeness (QED) is 0.399. The second-order valence-electron chi connectivity index (χ2n) is 8.82. The third-order valence-electron chi connectivity index (χ3n) is 6.02. The maximum absolute atomic E-state index is 4.76. The van der Waals surface area contributed by atoms with E-state index in [0.29, 0.717) is 17.1 Å². The fourth-order valence-electron chi connectivity index (χ4n) is 4.12. The van der Waals surface area contributed by atoms with Crippen LogP contribution in [0.2, 0.25) is 0 Å². The van der Waals surface area contributed by atoms with Crippen molar-refractivity contribution < 1.29 is 0 Å². The maximum Gasteiger partial charge on any atom is 0.225 e. The molecule has 0 bridgehead atoms. The summed E-state index contributed by atoms with van der Waals surface area (Å²) in [6.07, 6.45) is 7.24. The van der Waals surface area contributed by atoms with E-state index in [-0.39, 0.29) is 0 Å². The molecule has 35 heavy (non-hydrogen) atoms. The van der Waals surface area contributed by atoms with Gasteiger partial charge in [0.05, 0.1) is 17.4 Å². The molecule has 0 spiro atoms. The molecule has 0 aliphatic rings. The molecule has 0 unspecified atom stereocenters. The Balaban J connectivity index is 1.63. The van der Waals surface area contributed by atoms with E-state index < -0.39 is 0 Å². The van der Waals surface area contributed by atoms with Gasteiger partial charge in [-0.1, -0.05) is 25.6 Å². The van der Waals surface area contributed by atoms with Crippen molar-refractivity contribution in [2.24, 2.45) is 12.0 Å². The van der Waals surface area contributed by atoms with Crippen molar-refractivity contribution in [1.82, 2.24) is 19.5 Å². The smallest absolute Gasteiger partial charge is 0.225 e. The number of aromatic nitrogens is 4. The number of fused-ring (bicyclic) bond motifs is 1. The van der Waals surface area contributed by atoms with Crippen LogP contribution in [-0.2, 0) is 13.5 Å². The van der Waals surface area contributed by atoms with Crippen molar-refractivity contribution in [3.63, 3.8) is 0 Å². The van der Waals surface area contributed by atoms with E-state index in [1.165, 1.54) is 16.7 Å². The minimum atomic E-state index is 0.652. The lowest BCUT2D eigenvalue weighted by atomic mass is 9.99. The predicted octanol–water partition coefficient (Wildman–Crippen LogP) is 3.79. The van der Waals surface area contributed by atoms with Crippen LogP contribution in [0.1, 0.15) is 37.0 Å². The van der Waals surface area contributed by atoms with Gasteiger partial charge in [0.2, 0.25) is 5.95 Å². The Labute approximate surface area is 206 Å². The van der Waals surface area contributed by atoms with E-state index in [4.69, 9.17) is 4.98 Å². The highest BCUT2D eigenvalue weighted by molar-refractivity contribution is 5.76. The van der Waals surface area contributed by atoms with Crippen molar-refractivity contribution in [2.45, 2.75) is 33.6 Å². The van der Waals surface area contributed by atoms with Gasteiger partial charge in [-0.2, -0.15) is 0 Å². The Morgan fingerprint density at radius 3 is 2.77 bits per heavy atom. The molecule has 2 heterocycles. The van der Waals surface area contributed by atoms with Crippen LogP contribution in [0.3, 0.4) is 0 Å². The monoisotopic (exact) mass is 467 g/mol. The van der Waals surface area contributed by atoms with E-state index in [1.54, 1.807) is 12.4 Å². The lowest BCUT2D eigenvalue weighted by molar-refractivity contribution is 0.813. The van der Waals surface area contributed by atoms with E-state index in [2.05, 4.69) is 77.1 Å². The summed E-state index contributed by atoms with van der Waals surface area (Å²) < 4.78 is 2.04. The third-order valence-corrected chi connectivity index (χ3v) is 6.02. The molecule has 1 N–H and O–H groups in total. The summed E-state index contributed by atoms with van der Waals surface area (Å²) in [4.78, 5) is 20.3. The van der Waals surface area contributed by atoms with E-state index in [0.717, 1.165) is 41.3 Å². The summed E-state index contributed by atoms with van der Waals surface area (Å²) in [5.74, 6) is 1.31. The Bertz CT molecular complexity index is 1480. The fraction of sp³-hybridized carbons (Fsp3) is 0.286. The molecule has 0 radical (unpaired) electrons. The van der Waals surface area contributed by atoms with Gasteiger partial charge in [0.25, 0.3) is 0 Å². The number of nitrogens with one attached hydrogen (secondary N) is 1. The lowest BCUT2D eigenvalue weighted by Gasteiger charge is -2.16. The average Bonchev–Trinajstić information content (AvgIpc) is 3.21. The highest BCUT2D eigenvalue weighted by Crippen LogP contribution is 2.22. The highest BCUT2D eigenvalue weighted by Gasteiger charge is 2.08. The number of hydrogen-bond acceptors (Lipinski definition) is 6. The summed E-state index contributed by atoms with van der Waals surface area (Å²) in [7, 11) is 4.01. The van der Waals surface area contributed by atoms with Crippen LogP contribution in [0.15, 0.2) is 53.9 Å². The summed E-state index contributed by atoms with van der Waals surface area (Å²) >= 11 is 0. The molecule has 0 aliphatic heterocycles. The van der Waals surface area contributed by atoms with Gasteiger partial charge in [-0.3, -0.25) is 0 Å². The summed E-state index contributed by atoms with van der Waals surface area (Å²) in [5.41, 5.74) is 6.84. The molecule has 4 rings (SSSR count). The molecule has 180 valence electrons. The van der Waals surface area contributed by atoms with Crippen LogP contribution in [-0.4, -0.2) is 39.3 Å². The minimum Gasteiger partial charge on any atom is -0.344 e.